The molecule has 0 bridgehead atoms. The van der Waals surface area contributed by atoms with E-state index in [1.54, 1.807) is 20.0 Å². The Morgan fingerprint density at radius 1 is 1.53 bits per heavy atom. The average molecular weight is 232 g/mol. The second-order valence-electron chi connectivity index (χ2n) is 3.54. The first-order valence-corrected chi connectivity index (χ1v) is 4.85. The van der Waals surface area contributed by atoms with Gasteiger partial charge < -0.3 is 9.84 Å². The van der Waals surface area contributed by atoms with Crippen LogP contribution in [0.5, 0.6) is 5.75 Å². The number of ether oxygens (including phenoxy) is 1. The van der Waals surface area contributed by atoms with Gasteiger partial charge in [0.25, 0.3) is 0 Å². The summed E-state index contributed by atoms with van der Waals surface area (Å²) in [4.78, 5) is 27.0. The molecule has 0 aliphatic rings. The third-order valence-electron chi connectivity index (χ3n) is 2.33. The summed E-state index contributed by atoms with van der Waals surface area (Å²) in [5, 5.41) is 9.59. The van der Waals surface area contributed by atoms with E-state index >= 15 is 0 Å². The molecule has 0 amide bonds. The van der Waals surface area contributed by atoms with Gasteiger partial charge in [0.1, 0.15) is 13.5 Å². The van der Waals surface area contributed by atoms with E-state index in [4.69, 9.17) is 0 Å². The van der Waals surface area contributed by atoms with Crippen molar-refractivity contribution >= 4 is 24.9 Å². The number of hydrogen-bond acceptors (Lipinski definition) is 5. The number of aromatic nitrogens is 2. The maximum absolute atomic E-state index is 11.8. The molecular formula is C10H9BN2O4. The first-order valence-electron chi connectivity index (χ1n) is 4.85. The van der Waals surface area contributed by atoms with Gasteiger partial charge in [0.05, 0.1) is 7.11 Å². The summed E-state index contributed by atoms with van der Waals surface area (Å²) in [6.45, 7) is 0. The third-order valence-corrected chi connectivity index (χ3v) is 2.33. The minimum Gasteiger partial charge on any atom is -0.501 e. The van der Waals surface area contributed by atoms with E-state index in [-0.39, 0.29) is 11.3 Å². The molecule has 2 rings (SSSR count). The van der Waals surface area contributed by atoms with Crippen molar-refractivity contribution < 1.29 is 14.6 Å². The second-order valence-corrected chi connectivity index (χ2v) is 3.54. The molecule has 1 N–H and O–H groups in total. The van der Waals surface area contributed by atoms with Crippen LogP contribution >= 0.6 is 0 Å². The van der Waals surface area contributed by atoms with Gasteiger partial charge in [0.2, 0.25) is 5.75 Å². The molecule has 6 nitrogen and oxygen atoms in total. The minimum atomic E-state index is -0.845. The van der Waals surface area contributed by atoms with Gasteiger partial charge in [-0.05, 0) is 6.07 Å². The summed E-state index contributed by atoms with van der Waals surface area (Å²) < 4.78 is 5.61. The highest BCUT2D eigenvalue weighted by atomic mass is 16.5. The van der Waals surface area contributed by atoms with Crippen LogP contribution in [0.15, 0.2) is 23.1 Å². The zero-order valence-corrected chi connectivity index (χ0v) is 9.30. The Morgan fingerprint density at radius 2 is 2.24 bits per heavy atom. The molecule has 0 unspecified atom stereocenters. The van der Waals surface area contributed by atoms with Crippen LogP contribution in [0.3, 0.4) is 0 Å². The van der Waals surface area contributed by atoms with Crippen LogP contribution in [0.25, 0.3) is 5.65 Å². The van der Waals surface area contributed by atoms with E-state index in [2.05, 4.69) is 9.72 Å². The van der Waals surface area contributed by atoms with Crippen molar-refractivity contribution in [2.45, 2.75) is 0 Å². The number of pyridine rings is 1. The van der Waals surface area contributed by atoms with Gasteiger partial charge in [-0.25, -0.2) is 9.78 Å². The van der Waals surface area contributed by atoms with Gasteiger partial charge in [0, 0.05) is 6.20 Å². The number of carbonyl (C=O) groups is 1. The topological polar surface area (TPSA) is 80.9 Å². The number of methoxy groups -OCH3 is 1. The molecule has 0 saturated carbocycles. The van der Waals surface area contributed by atoms with Crippen molar-refractivity contribution in [2.24, 2.45) is 0 Å². The van der Waals surface area contributed by atoms with Gasteiger partial charge in [-0.15, -0.1) is 0 Å². The van der Waals surface area contributed by atoms with E-state index in [1.807, 2.05) is 0 Å². The third kappa shape index (κ3) is 1.75. The molecule has 86 valence electrons. The highest BCUT2D eigenvalue weighted by molar-refractivity contribution is 6.32. The largest absolute Gasteiger partial charge is 0.501 e. The molecule has 0 aromatic carbocycles. The van der Waals surface area contributed by atoms with Gasteiger partial charge in [0.15, 0.2) is 5.69 Å². The lowest BCUT2D eigenvalue weighted by atomic mass is 9.99. The molecule has 0 aliphatic carbocycles. The van der Waals surface area contributed by atoms with Gasteiger partial charge in [-0.2, -0.15) is 0 Å². The summed E-state index contributed by atoms with van der Waals surface area (Å²) in [5.41, 5.74) is 0.0471. The van der Waals surface area contributed by atoms with E-state index in [0.717, 1.165) is 12.6 Å². The lowest BCUT2D eigenvalue weighted by Gasteiger charge is -2.05. The molecule has 0 spiro atoms. The van der Waals surface area contributed by atoms with Crippen molar-refractivity contribution in [3.8, 4) is 5.75 Å². The van der Waals surface area contributed by atoms with Crippen molar-refractivity contribution in [3.63, 3.8) is 0 Å². The number of rotatable bonds is 1. The summed E-state index contributed by atoms with van der Waals surface area (Å²) in [7, 11) is 2.96. The van der Waals surface area contributed by atoms with Crippen LogP contribution < -0.4 is 11.0 Å². The molecule has 0 atom stereocenters. The first kappa shape index (κ1) is 11.2. The molecular weight excluding hydrogens is 223 g/mol. The maximum atomic E-state index is 11.8. The van der Waals surface area contributed by atoms with Crippen LogP contribution in [0, 0.1) is 0 Å². The first-order chi connectivity index (χ1) is 8.04. The molecule has 7 heteroatoms. The molecule has 2 aromatic heterocycles. The van der Waals surface area contributed by atoms with Gasteiger partial charge in [-0.3, -0.25) is 9.20 Å². The molecule has 0 aliphatic heterocycles. The zero-order valence-electron chi connectivity index (χ0n) is 9.30. The summed E-state index contributed by atoms with van der Waals surface area (Å²) >= 11 is 0. The highest BCUT2D eigenvalue weighted by Crippen LogP contribution is 2.10. The fraction of sp³-hybridized carbons (Fsp3) is 0.100. The predicted octanol–water partition coefficient (Wildman–Crippen LogP) is -1.55. The standard InChI is InChI=1S/C10H9BN2O4/c1-17-10(16)7-8(14)9(15)13-4-5(11)2-3-6(13)12-7/h2-4,14H,11H2,1H3. The molecule has 17 heavy (non-hydrogen) atoms. The Bertz CT molecular complexity index is 665. The number of nitrogens with zero attached hydrogens (tertiary/aromatic N) is 2. The molecule has 0 radical (unpaired) electrons. The Morgan fingerprint density at radius 3 is 2.88 bits per heavy atom. The van der Waals surface area contributed by atoms with Gasteiger partial charge >= 0.3 is 11.5 Å². The number of esters is 1. The van der Waals surface area contributed by atoms with Gasteiger partial charge in [-0.1, -0.05) is 11.5 Å². The van der Waals surface area contributed by atoms with E-state index in [1.165, 1.54) is 10.6 Å². The van der Waals surface area contributed by atoms with Crippen LogP contribution in [0.2, 0.25) is 0 Å². The zero-order chi connectivity index (χ0) is 12.6. The molecule has 0 fully saturated rings. The number of fused-ring (bicyclic) bond motifs is 1. The summed E-state index contributed by atoms with van der Waals surface area (Å²) in [6, 6.07) is 3.34. The fourth-order valence-electron chi connectivity index (χ4n) is 1.47. The van der Waals surface area contributed by atoms with Crippen molar-refractivity contribution in [3.05, 3.63) is 34.4 Å². The van der Waals surface area contributed by atoms with E-state index in [9.17, 15) is 14.7 Å². The normalized spacial score (nSPS) is 10.4. The maximum Gasteiger partial charge on any atom is 0.360 e. The van der Waals surface area contributed by atoms with Crippen molar-refractivity contribution in [1.82, 2.24) is 9.38 Å². The van der Waals surface area contributed by atoms with Crippen LogP contribution in [-0.4, -0.2) is 35.4 Å². The monoisotopic (exact) mass is 232 g/mol. The average Bonchev–Trinajstić information content (AvgIpc) is 2.33. The molecule has 2 aromatic rings. The smallest absolute Gasteiger partial charge is 0.360 e. The fourth-order valence-corrected chi connectivity index (χ4v) is 1.47. The Kier molecular flexibility index (Phi) is 2.59. The Hall–Kier alpha value is -2.31. The second kappa shape index (κ2) is 3.93. The molecule has 0 saturated heterocycles. The number of aromatic hydroxyl groups is 1. The van der Waals surface area contributed by atoms with Crippen LogP contribution in [-0.2, 0) is 4.74 Å². The number of carbonyl (C=O) groups excluding carboxylic acids is 1. The minimum absolute atomic E-state index is 0.277. The van der Waals surface area contributed by atoms with Crippen molar-refractivity contribution in [1.29, 1.82) is 0 Å². The SMILES string of the molecule is Bc1ccc2nc(C(=O)OC)c(O)c(=O)n2c1. The lowest BCUT2D eigenvalue weighted by molar-refractivity contribution is 0.0590. The van der Waals surface area contributed by atoms with E-state index < -0.39 is 17.3 Å². The van der Waals surface area contributed by atoms with E-state index in [0.29, 0.717) is 0 Å². The quantitative estimate of drug-likeness (QED) is 0.475. The van der Waals surface area contributed by atoms with Crippen LogP contribution in [0.4, 0.5) is 0 Å². The summed E-state index contributed by atoms with van der Waals surface area (Å²) in [5.74, 6) is -1.55. The lowest BCUT2D eigenvalue weighted by Crippen LogP contribution is -2.22. The Labute approximate surface area is 96.9 Å². The Balaban J connectivity index is 2.84. The summed E-state index contributed by atoms with van der Waals surface area (Å²) in [6.07, 6.45) is 1.53. The molecule has 2 heterocycles. The predicted molar refractivity (Wildman–Crippen MR) is 62.6 cm³/mol. The number of hydrogen-bond donors (Lipinski definition) is 1. The van der Waals surface area contributed by atoms with Crippen LogP contribution in [0.1, 0.15) is 10.5 Å². The highest BCUT2D eigenvalue weighted by Gasteiger charge is 2.18. The van der Waals surface area contributed by atoms with Crippen molar-refractivity contribution in [2.75, 3.05) is 7.11 Å².